The van der Waals surface area contributed by atoms with Crippen LogP contribution in [0.2, 0.25) is 5.02 Å². The van der Waals surface area contributed by atoms with E-state index in [1.54, 1.807) is 11.0 Å². The largest absolute Gasteiger partial charge is 0.465 e. The molecule has 2 aliphatic rings. The molecule has 8 nitrogen and oxygen atoms in total. The van der Waals surface area contributed by atoms with Crippen molar-refractivity contribution in [2.75, 3.05) is 12.0 Å². The third-order valence-electron chi connectivity index (χ3n) is 6.35. The molecule has 0 saturated heterocycles. The van der Waals surface area contributed by atoms with Gasteiger partial charge in [0.1, 0.15) is 11.0 Å². The normalized spacial score (nSPS) is 18.7. The maximum absolute atomic E-state index is 14.5. The van der Waals surface area contributed by atoms with Crippen LogP contribution in [0, 0.1) is 0 Å². The van der Waals surface area contributed by atoms with Gasteiger partial charge in [0, 0.05) is 22.0 Å². The van der Waals surface area contributed by atoms with Gasteiger partial charge in [-0.25, -0.2) is 4.79 Å². The van der Waals surface area contributed by atoms with Crippen LogP contribution in [0.4, 0.5) is 5.69 Å². The Labute approximate surface area is 201 Å². The summed E-state index contributed by atoms with van der Waals surface area (Å²) in [5.41, 5.74) is 7.86. The lowest BCUT2D eigenvalue weighted by Crippen LogP contribution is -2.48. The number of carbonyl (C=O) groups excluding carboxylic acids is 2. The molecule has 1 spiro atoms. The van der Waals surface area contributed by atoms with Crippen LogP contribution in [0.3, 0.4) is 0 Å². The lowest BCUT2D eigenvalue weighted by Gasteiger charge is -2.34. The van der Waals surface area contributed by atoms with E-state index in [1.807, 2.05) is 49.4 Å². The highest BCUT2D eigenvalue weighted by Gasteiger charge is 2.62. The van der Waals surface area contributed by atoms with Crippen molar-refractivity contribution in [2.24, 2.45) is 5.73 Å². The maximum atomic E-state index is 14.5. The number of H-pyrrole nitrogens is 1. The Bertz CT molecular complexity index is 1350. The Morgan fingerprint density at radius 3 is 2.71 bits per heavy atom. The van der Waals surface area contributed by atoms with Gasteiger partial charge in [-0.1, -0.05) is 61.3 Å². The first-order chi connectivity index (χ1) is 16.4. The summed E-state index contributed by atoms with van der Waals surface area (Å²) < 4.78 is 10.8. The molecular formula is C25H23ClN4O4. The smallest absolute Gasteiger partial charge is 0.340 e. The van der Waals surface area contributed by atoms with Crippen LogP contribution in [0.5, 0.6) is 5.88 Å². The first-order valence-corrected chi connectivity index (χ1v) is 11.3. The molecule has 0 fully saturated rings. The number of benzene rings is 2. The van der Waals surface area contributed by atoms with Gasteiger partial charge in [-0.2, -0.15) is 0 Å². The van der Waals surface area contributed by atoms with Crippen LogP contribution in [0.1, 0.15) is 35.7 Å². The molecule has 1 aromatic heterocycles. The molecule has 5 rings (SSSR count). The van der Waals surface area contributed by atoms with Crippen molar-refractivity contribution < 1.29 is 19.1 Å². The number of ether oxygens (including phenoxy) is 2. The first kappa shape index (κ1) is 22.0. The van der Waals surface area contributed by atoms with Crippen molar-refractivity contribution in [3.05, 3.63) is 87.4 Å². The Hall–Kier alpha value is -3.78. The monoisotopic (exact) mass is 478 g/mol. The Morgan fingerprint density at radius 1 is 1.24 bits per heavy atom. The minimum atomic E-state index is -1.57. The number of nitrogens with one attached hydrogen (secondary N) is 1. The zero-order chi connectivity index (χ0) is 24.0. The molecule has 0 saturated carbocycles. The van der Waals surface area contributed by atoms with Gasteiger partial charge in [0.2, 0.25) is 17.7 Å². The van der Waals surface area contributed by atoms with E-state index >= 15 is 0 Å². The fourth-order valence-corrected chi connectivity index (χ4v) is 5.16. The van der Waals surface area contributed by atoms with Crippen molar-refractivity contribution in [3.63, 3.8) is 0 Å². The molecule has 2 aliphatic heterocycles. The molecule has 3 N–H and O–H groups in total. The van der Waals surface area contributed by atoms with Gasteiger partial charge < -0.3 is 20.1 Å². The molecule has 0 bridgehead atoms. The number of aryl methyl sites for hydroxylation is 1. The van der Waals surface area contributed by atoms with Crippen LogP contribution >= 0.6 is 11.6 Å². The molecule has 3 aromatic rings. The van der Waals surface area contributed by atoms with Crippen LogP contribution < -0.4 is 15.4 Å². The Kier molecular flexibility index (Phi) is 5.32. The predicted octanol–water partition coefficient (Wildman–Crippen LogP) is 3.58. The van der Waals surface area contributed by atoms with E-state index in [0.29, 0.717) is 34.0 Å². The minimum Gasteiger partial charge on any atom is -0.465 e. The van der Waals surface area contributed by atoms with E-state index in [9.17, 15) is 9.59 Å². The zero-order valence-electron chi connectivity index (χ0n) is 18.7. The van der Waals surface area contributed by atoms with E-state index < -0.39 is 11.4 Å². The Morgan fingerprint density at radius 2 is 1.97 bits per heavy atom. The quantitative estimate of drug-likeness (QED) is 0.542. The summed E-state index contributed by atoms with van der Waals surface area (Å²) >= 11 is 6.43. The summed E-state index contributed by atoms with van der Waals surface area (Å²) in [7, 11) is 1.25. The average Bonchev–Trinajstić information content (AvgIpc) is 3.34. The van der Waals surface area contributed by atoms with Gasteiger partial charge in [0.15, 0.2) is 0 Å². The van der Waals surface area contributed by atoms with Crippen molar-refractivity contribution in [2.45, 2.75) is 31.7 Å². The van der Waals surface area contributed by atoms with Gasteiger partial charge in [0.05, 0.1) is 19.2 Å². The van der Waals surface area contributed by atoms with Gasteiger partial charge in [0.25, 0.3) is 0 Å². The number of amides is 1. The number of aromatic amines is 1. The number of esters is 1. The van der Waals surface area contributed by atoms with Gasteiger partial charge in [-0.05, 0) is 24.1 Å². The number of fused-ring (bicyclic) bond motifs is 4. The number of hydrogen-bond acceptors (Lipinski definition) is 6. The molecule has 2 aromatic carbocycles. The highest BCUT2D eigenvalue weighted by Crippen LogP contribution is 2.56. The number of para-hydroxylation sites is 1. The number of nitrogens with two attached hydrogens (primary N) is 1. The summed E-state index contributed by atoms with van der Waals surface area (Å²) in [5.74, 6) is -1.12. The number of nitrogens with zero attached hydrogens (tertiary/aromatic N) is 2. The zero-order valence-corrected chi connectivity index (χ0v) is 19.5. The van der Waals surface area contributed by atoms with Crippen molar-refractivity contribution in [3.8, 4) is 5.88 Å². The van der Waals surface area contributed by atoms with E-state index in [2.05, 4.69) is 10.2 Å². The van der Waals surface area contributed by atoms with E-state index in [-0.39, 0.29) is 29.8 Å². The summed E-state index contributed by atoms with van der Waals surface area (Å²) in [4.78, 5) is 29.3. The third-order valence-corrected chi connectivity index (χ3v) is 6.72. The van der Waals surface area contributed by atoms with E-state index in [0.717, 1.165) is 12.0 Å². The second-order valence-corrected chi connectivity index (χ2v) is 8.62. The molecule has 3 heterocycles. The average molecular weight is 479 g/mol. The minimum absolute atomic E-state index is 0.0552. The highest BCUT2D eigenvalue weighted by molar-refractivity contribution is 6.31. The summed E-state index contributed by atoms with van der Waals surface area (Å²) in [6.45, 7) is 2.23. The second-order valence-electron chi connectivity index (χ2n) is 8.22. The number of aromatic nitrogens is 2. The molecule has 1 atom stereocenters. The van der Waals surface area contributed by atoms with E-state index in [4.69, 9.17) is 26.8 Å². The van der Waals surface area contributed by atoms with Gasteiger partial charge >= 0.3 is 5.97 Å². The number of rotatable bonds is 5. The molecule has 0 radical (unpaired) electrons. The van der Waals surface area contributed by atoms with Crippen molar-refractivity contribution >= 4 is 29.2 Å². The number of carbonyl (C=O) groups is 2. The van der Waals surface area contributed by atoms with Crippen LogP contribution in [0.25, 0.3) is 0 Å². The van der Waals surface area contributed by atoms with E-state index in [1.165, 1.54) is 7.11 Å². The van der Waals surface area contributed by atoms with Crippen LogP contribution in [-0.2, 0) is 32.7 Å². The van der Waals surface area contributed by atoms with Gasteiger partial charge in [-0.15, -0.1) is 5.10 Å². The molecule has 174 valence electrons. The summed E-state index contributed by atoms with van der Waals surface area (Å²) in [6.07, 6.45) is 1.39. The maximum Gasteiger partial charge on any atom is 0.340 e. The molecule has 1 unspecified atom stereocenters. The number of methoxy groups -OCH3 is 1. The lowest BCUT2D eigenvalue weighted by molar-refractivity contribution is -0.138. The number of halogens is 1. The molecule has 1 amide bonds. The highest BCUT2D eigenvalue weighted by atomic mass is 35.5. The standard InChI is InChI=1S/C25H23ClN4O4/c1-3-8-17-19-22(29-28-17)34-21(27)20(23(31)33-2)25(19)15-10-5-7-12-18(15)30(24(25)32)13-14-9-4-6-11-16(14)26/h4-7,9-12H,3,8,13,27H2,1-2H3,(H,28,29). The molecular weight excluding hydrogens is 456 g/mol. The topological polar surface area (TPSA) is 111 Å². The van der Waals surface area contributed by atoms with Crippen LogP contribution in [-0.4, -0.2) is 29.2 Å². The van der Waals surface area contributed by atoms with Gasteiger partial charge in [-0.3, -0.25) is 9.89 Å². The van der Waals surface area contributed by atoms with Crippen molar-refractivity contribution in [1.29, 1.82) is 0 Å². The Balaban J connectivity index is 1.81. The SMILES string of the molecule is CCCc1[nH]nc2c1C1(C(=O)N(Cc3ccccc3Cl)c3ccccc31)C(C(=O)OC)=C(N)O2. The van der Waals surface area contributed by atoms with Crippen molar-refractivity contribution in [1.82, 2.24) is 10.2 Å². The predicted molar refractivity (Wildman–Crippen MR) is 126 cm³/mol. The number of anilines is 1. The fraction of sp³-hybridized carbons (Fsp3) is 0.240. The second kappa shape index (κ2) is 8.22. The molecule has 34 heavy (non-hydrogen) atoms. The first-order valence-electron chi connectivity index (χ1n) is 10.9. The molecule has 0 aliphatic carbocycles. The van der Waals surface area contributed by atoms with Crippen LogP contribution in [0.15, 0.2) is 60.0 Å². The molecule has 9 heteroatoms. The lowest BCUT2D eigenvalue weighted by atomic mass is 9.68. The summed E-state index contributed by atoms with van der Waals surface area (Å²) in [6, 6.07) is 14.7. The number of hydrogen-bond donors (Lipinski definition) is 2. The summed E-state index contributed by atoms with van der Waals surface area (Å²) in [5, 5.41) is 7.82. The fourth-order valence-electron chi connectivity index (χ4n) is 4.96. The third kappa shape index (κ3) is 2.95.